The lowest BCUT2D eigenvalue weighted by molar-refractivity contribution is 0.210. The minimum atomic E-state index is -1.13. The van der Waals surface area contributed by atoms with Crippen LogP contribution in [0.15, 0.2) is 24.3 Å². The Morgan fingerprint density at radius 3 is 2.77 bits per heavy atom. The maximum Gasteiger partial charge on any atom is 0.409 e. The second-order valence-electron chi connectivity index (χ2n) is 2.12. The van der Waals surface area contributed by atoms with Crippen LogP contribution in [-0.4, -0.2) is 11.2 Å². The van der Waals surface area contributed by atoms with Gasteiger partial charge in [-0.05, 0) is 18.2 Å². The zero-order valence-electron chi connectivity index (χ0n) is 6.52. The van der Waals surface area contributed by atoms with Gasteiger partial charge in [0.15, 0.2) is 0 Å². The van der Waals surface area contributed by atoms with Crippen LogP contribution in [0.3, 0.4) is 0 Å². The summed E-state index contributed by atoms with van der Waals surface area (Å²) in [7, 11) is 0. The first kappa shape index (κ1) is 10.9. The lowest BCUT2D eigenvalue weighted by atomic mass is 10.2. The molecule has 0 unspecified atom stereocenters. The van der Waals surface area contributed by atoms with Gasteiger partial charge in [-0.25, -0.2) is 4.79 Å². The fourth-order valence-corrected chi connectivity index (χ4v) is 0.790. The molecule has 1 amide bonds. The Hall–Kier alpha value is -2.09. The van der Waals surface area contributed by atoms with E-state index in [4.69, 9.17) is 10.4 Å². The molecule has 1 aromatic carbocycles. The first-order valence-electron chi connectivity index (χ1n) is 3.22. The molecule has 0 saturated carbocycles. The lowest BCUT2D eigenvalue weighted by Crippen LogP contribution is -2.06. The van der Waals surface area contributed by atoms with E-state index >= 15 is 0 Å². The molecule has 0 aliphatic heterocycles. The predicted octanol–water partition coefficient (Wildman–Crippen LogP) is 1.80. The first-order valence-corrected chi connectivity index (χ1v) is 3.22. The molecule has 0 aliphatic rings. The Bertz CT molecular complexity index is 346. The zero-order chi connectivity index (χ0) is 8.97. The third-order valence-electron chi connectivity index (χ3n) is 1.24. The fraction of sp³-hybridized carbons (Fsp3) is 0. The first-order chi connectivity index (χ1) is 5.72. The van der Waals surface area contributed by atoms with Crippen LogP contribution >= 0.6 is 0 Å². The average molecular weight is 182 g/mol. The number of benzene rings is 1. The summed E-state index contributed by atoms with van der Waals surface area (Å²) >= 11 is 0. The molecule has 1 rings (SSSR count). The number of nitrogens with zero attached hydrogens (tertiary/aromatic N) is 1. The molecule has 68 valence electrons. The maximum atomic E-state index is 10.2. The van der Waals surface area contributed by atoms with Gasteiger partial charge in [-0.1, -0.05) is 6.07 Å². The summed E-state index contributed by atoms with van der Waals surface area (Å²) in [5.41, 5.74) is 0.836. The van der Waals surface area contributed by atoms with Gasteiger partial charge in [0.1, 0.15) is 0 Å². The number of anilines is 1. The van der Waals surface area contributed by atoms with Gasteiger partial charge in [0.2, 0.25) is 0 Å². The molecule has 1 aromatic rings. The van der Waals surface area contributed by atoms with Crippen LogP contribution in [0.5, 0.6) is 0 Å². The van der Waals surface area contributed by atoms with Gasteiger partial charge >= 0.3 is 6.09 Å². The number of rotatable bonds is 1. The van der Waals surface area contributed by atoms with Crippen molar-refractivity contribution in [2.24, 2.45) is 0 Å². The number of carboxylic acid groups (broad SMARTS) is 1. The molecular weight excluding hydrogens is 175 g/mol. The molecular formula is C8H7FN2O2. The summed E-state index contributed by atoms with van der Waals surface area (Å²) in [6.07, 6.45) is -1.13. The molecule has 0 saturated heterocycles. The van der Waals surface area contributed by atoms with E-state index in [2.05, 4.69) is 5.32 Å². The van der Waals surface area contributed by atoms with E-state index in [9.17, 15) is 4.79 Å². The van der Waals surface area contributed by atoms with Crippen LogP contribution in [0.1, 0.15) is 5.56 Å². The molecule has 0 bridgehead atoms. The number of nitriles is 1. The van der Waals surface area contributed by atoms with E-state index in [1.807, 2.05) is 6.07 Å². The summed E-state index contributed by atoms with van der Waals surface area (Å²) in [6.45, 7) is 0. The molecule has 0 radical (unpaired) electrons. The molecule has 13 heavy (non-hydrogen) atoms. The highest BCUT2D eigenvalue weighted by Crippen LogP contribution is 2.08. The number of hydrogen-bond donors (Lipinski definition) is 2. The second-order valence-corrected chi connectivity index (χ2v) is 2.12. The molecule has 0 heterocycles. The van der Waals surface area contributed by atoms with Crippen molar-refractivity contribution in [2.45, 2.75) is 0 Å². The summed E-state index contributed by atoms with van der Waals surface area (Å²) in [6, 6.07) is 8.17. The van der Waals surface area contributed by atoms with Gasteiger partial charge in [-0.15, -0.1) is 0 Å². The van der Waals surface area contributed by atoms with Crippen LogP contribution in [0, 0.1) is 11.3 Å². The number of amides is 1. The second kappa shape index (κ2) is 4.72. The van der Waals surface area contributed by atoms with Crippen molar-refractivity contribution in [3.63, 3.8) is 0 Å². The minimum Gasteiger partial charge on any atom is -0.465 e. The van der Waals surface area contributed by atoms with E-state index in [1.54, 1.807) is 18.2 Å². The Kier molecular flexibility index (Phi) is 3.96. The van der Waals surface area contributed by atoms with Crippen molar-refractivity contribution in [3.05, 3.63) is 29.8 Å². The highest BCUT2D eigenvalue weighted by atomic mass is 19.0. The maximum absolute atomic E-state index is 10.2. The van der Waals surface area contributed by atoms with E-state index in [0.717, 1.165) is 0 Å². The van der Waals surface area contributed by atoms with Gasteiger partial charge in [-0.3, -0.25) is 10.0 Å². The summed E-state index contributed by atoms with van der Waals surface area (Å²) in [5, 5.41) is 19.0. The molecule has 0 aliphatic carbocycles. The van der Waals surface area contributed by atoms with Gasteiger partial charge in [0, 0.05) is 5.69 Å². The van der Waals surface area contributed by atoms with Crippen molar-refractivity contribution < 1.29 is 14.6 Å². The highest BCUT2D eigenvalue weighted by Gasteiger charge is 1.97. The normalized spacial score (nSPS) is 7.92. The molecule has 0 spiro atoms. The van der Waals surface area contributed by atoms with Crippen molar-refractivity contribution >= 4 is 11.8 Å². The van der Waals surface area contributed by atoms with Crippen LogP contribution < -0.4 is 5.32 Å². The van der Waals surface area contributed by atoms with Crippen molar-refractivity contribution in [1.29, 1.82) is 5.26 Å². The van der Waals surface area contributed by atoms with Gasteiger partial charge < -0.3 is 5.11 Å². The molecule has 0 atom stereocenters. The van der Waals surface area contributed by atoms with Crippen LogP contribution in [0.25, 0.3) is 0 Å². The van der Waals surface area contributed by atoms with Crippen LogP contribution in [0.4, 0.5) is 15.2 Å². The van der Waals surface area contributed by atoms with Crippen molar-refractivity contribution in [3.8, 4) is 6.07 Å². The van der Waals surface area contributed by atoms with Crippen LogP contribution in [0.2, 0.25) is 0 Å². The molecule has 2 N–H and O–H groups in total. The molecule has 0 fully saturated rings. The summed E-state index contributed by atoms with van der Waals surface area (Å²) in [4.78, 5) is 10.2. The standard InChI is InChI=1S/C8H6N2O2.FH/c9-5-6-2-1-3-7(4-6)10-8(11)12;/h1-4,10H,(H,11,12);1H. The zero-order valence-corrected chi connectivity index (χ0v) is 6.52. The number of nitrogens with one attached hydrogen (secondary N) is 1. The Labute approximate surface area is 73.8 Å². The lowest BCUT2D eigenvalue weighted by Gasteiger charge is -1.98. The Morgan fingerprint density at radius 1 is 1.54 bits per heavy atom. The Balaban J connectivity index is 0.00000144. The molecule has 4 nitrogen and oxygen atoms in total. The largest absolute Gasteiger partial charge is 0.465 e. The van der Waals surface area contributed by atoms with E-state index in [1.165, 1.54) is 6.07 Å². The van der Waals surface area contributed by atoms with E-state index < -0.39 is 6.09 Å². The van der Waals surface area contributed by atoms with Gasteiger partial charge in [0.05, 0.1) is 11.6 Å². The monoisotopic (exact) mass is 182 g/mol. The summed E-state index contributed by atoms with van der Waals surface area (Å²) in [5.74, 6) is 0. The number of carbonyl (C=O) groups is 1. The Morgan fingerprint density at radius 2 is 2.23 bits per heavy atom. The highest BCUT2D eigenvalue weighted by molar-refractivity contribution is 5.83. The topological polar surface area (TPSA) is 73.1 Å². The van der Waals surface area contributed by atoms with Gasteiger partial charge in [-0.2, -0.15) is 5.26 Å². The number of halogens is 1. The SMILES string of the molecule is F.N#Cc1cccc(NC(=O)O)c1. The van der Waals surface area contributed by atoms with E-state index in [0.29, 0.717) is 11.3 Å². The fourth-order valence-electron chi connectivity index (χ4n) is 0.790. The minimum absolute atomic E-state index is 0. The smallest absolute Gasteiger partial charge is 0.409 e. The van der Waals surface area contributed by atoms with Crippen LogP contribution in [-0.2, 0) is 0 Å². The van der Waals surface area contributed by atoms with Crippen molar-refractivity contribution in [2.75, 3.05) is 5.32 Å². The third kappa shape index (κ3) is 3.20. The van der Waals surface area contributed by atoms with Gasteiger partial charge in [0.25, 0.3) is 0 Å². The quantitative estimate of drug-likeness (QED) is 0.695. The van der Waals surface area contributed by atoms with Crippen molar-refractivity contribution in [1.82, 2.24) is 0 Å². The number of hydrogen-bond acceptors (Lipinski definition) is 2. The summed E-state index contributed by atoms with van der Waals surface area (Å²) < 4.78 is 0. The third-order valence-corrected chi connectivity index (χ3v) is 1.24. The molecule has 5 heteroatoms. The molecule has 0 aromatic heterocycles. The average Bonchev–Trinajstić information content (AvgIpc) is 2.03. The predicted molar refractivity (Wildman–Crippen MR) is 45.3 cm³/mol. The van der Waals surface area contributed by atoms with E-state index in [-0.39, 0.29) is 4.70 Å².